The fourth-order valence-corrected chi connectivity index (χ4v) is 2.04. The van der Waals surface area contributed by atoms with E-state index in [1.54, 1.807) is 12.1 Å². The lowest BCUT2D eigenvalue weighted by atomic mass is 10.0. The third-order valence-corrected chi connectivity index (χ3v) is 3.02. The van der Waals surface area contributed by atoms with E-state index in [1.165, 1.54) is 12.1 Å². The van der Waals surface area contributed by atoms with Crippen molar-refractivity contribution in [3.05, 3.63) is 34.9 Å². The molecule has 1 heterocycles. The Morgan fingerprint density at radius 1 is 1.04 bits per heavy atom. The van der Waals surface area contributed by atoms with Crippen LogP contribution in [0.1, 0.15) is 22.3 Å². The Balaban J connectivity index is 0.00000288. The maximum atomic E-state index is 12.0. The minimum atomic E-state index is -0.535. The molecule has 1 aliphatic rings. The minimum absolute atomic E-state index is 0. The van der Waals surface area contributed by atoms with E-state index in [0.717, 1.165) is 0 Å². The second-order valence-corrected chi connectivity index (χ2v) is 4.76. The molecule has 8 N–H and O–H groups in total. The van der Waals surface area contributed by atoms with Crippen molar-refractivity contribution in [1.82, 2.24) is 10.6 Å². The van der Waals surface area contributed by atoms with Crippen molar-refractivity contribution in [2.24, 2.45) is 11.5 Å². The van der Waals surface area contributed by atoms with Crippen LogP contribution in [0.15, 0.2) is 23.8 Å². The van der Waals surface area contributed by atoms with Crippen LogP contribution in [0.25, 0.3) is 6.08 Å². The molecule has 0 bridgehead atoms. The number of hydrogen-bond donors (Lipinski definition) is 6. The summed E-state index contributed by atoms with van der Waals surface area (Å²) in [6, 6.07) is 4.66. The second kappa shape index (κ2) is 9.50. The van der Waals surface area contributed by atoms with E-state index in [9.17, 15) is 9.59 Å². The monoisotopic (exact) mass is 388 g/mol. The van der Waals surface area contributed by atoms with Gasteiger partial charge in [0.25, 0.3) is 11.8 Å². The first-order valence-corrected chi connectivity index (χ1v) is 6.65. The molecule has 2 rings (SSSR count). The van der Waals surface area contributed by atoms with E-state index in [1.807, 2.05) is 0 Å². The van der Waals surface area contributed by atoms with E-state index in [-0.39, 0.29) is 37.0 Å². The molecule has 25 heavy (non-hydrogen) atoms. The number of halogens is 2. The van der Waals surface area contributed by atoms with E-state index >= 15 is 0 Å². The summed E-state index contributed by atoms with van der Waals surface area (Å²) in [5.74, 6) is -1.41. The van der Waals surface area contributed by atoms with E-state index in [4.69, 9.17) is 27.0 Å². The highest BCUT2D eigenvalue weighted by molar-refractivity contribution is 6.07. The van der Waals surface area contributed by atoms with Gasteiger partial charge in [0, 0.05) is 23.1 Å². The van der Waals surface area contributed by atoms with Crippen molar-refractivity contribution in [2.75, 3.05) is 6.61 Å². The Labute approximate surface area is 156 Å². The molecule has 2 amide bonds. The van der Waals surface area contributed by atoms with Crippen LogP contribution in [0, 0.1) is 10.8 Å². The number of fused-ring (bicyclic) bond motifs is 1. The molecule has 0 aromatic heterocycles. The maximum absolute atomic E-state index is 12.0. The predicted octanol–water partition coefficient (Wildman–Crippen LogP) is 0.329. The summed E-state index contributed by atoms with van der Waals surface area (Å²) in [6.45, 7) is 0.281. The zero-order valence-corrected chi connectivity index (χ0v) is 14.6. The first-order chi connectivity index (χ1) is 10.9. The average molecular weight is 389 g/mol. The lowest BCUT2D eigenvalue weighted by Gasteiger charge is -2.08. The fraction of sp³-hybridized carbons (Fsp3) is 0.143. The SMILES string of the molecule is Cl.Cl.N=C(N)NC(=O)C1=Cc2cc(C(=O)NC(=N)N)ccc2OCC1. The summed E-state index contributed by atoms with van der Waals surface area (Å²) >= 11 is 0. The van der Waals surface area contributed by atoms with E-state index < -0.39 is 23.7 Å². The van der Waals surface area contributed by atoms with Crippen molar-refractivity contribution < 1.29 is 14.3 Å². The molecule has 9 nitrogen and oxygen atoms in total. The number of ether oxygens (including phenoxy) is 1. The maximum Gasteiger partial charge on any atom is 0.257 e. The summed E-state index contributed by atoms with van der Waals surface area (Å²) in [6.07, 6.45) is 1.91. The molecular formula is C14H18Cl2N6O3. The standard InChI is InChI=1S/C14H16N6O3.2ClH/c15-13(16)19-11(21)7-1-2-10-9(5-7)6-8(3-4-23-10)12(22)20-14(17)18;;/h1-2,5-6H,3-4H2,(H4,15,16,19,21)(H4,17,18,20,22);2*1H. The Morgan fingerprint density at radius 2 is 1.64 bits per heavy atom. The number of carbonyl (C=O) groups is 2. The zero-order chi connectivity index (χ0) is 17.0. The Morgan fingerprint density at radius 3 is 2.24 bits per heavy atom. The summed E-state index contributed by atoms with van der Waals surface area (Å²) < 4.78 is 5.53. The summed E-state index contributed by atoms with van der Waals surface area (Å²) in [7, 11) is 0. The third kappa shape index (κ3) is 5.98. The van der Waals surface area contributed by atoms with Gasteiger partial charge < -0.3 is 16.2 Å². The normalized spacial score (nSPS) is 11.8. The van der Waals surface area contributed by atoms with E-state index in [0.29, 0.717) is 23.3 Å². The van der Waals surface area contributed by atoms with Crippen LogP contribution in [0.3, 0.4) is 0 Å². The number of nitrogens with two attached hydrogens (primary N) is 2. The Bertz CT molecular complexity index is 735. The molecule has 0 spiro atoms. The summed E-state index contributed by atoms with van der Waals surface area (Å²) in [5, 5.41) is 18.6. The molecule has 0 saturated carbocycles. The molecule has 136 valence electrons. The highest BCUT2D eigenvalue weighted by Gasteiger charge is 2.17. The van der Waals surface area contributed by atoms with Crippen LogP contribution >= 0.6 is 24.8 Å². The summed E-state index contributed by atoms with van der Waals surface area (Å²) in [4.78, 5) is 23.8. The summed E-state index contributed by atoms with van der Waals surface area (Å²) in [5.41, 5.74) is 11.5. The van der Waals surface area contributed by atoms with Crippen LogP contribution in [0.2, 0.25) is 0 Å². The molecule has 1 aromatic rings. The van der Waals surface area contributed by atoms with Crippen molar-refractivity contribution >= 4 is 54.6 Å². The lowest BCUT2D eigenvalue weighted by molar-refractivity contribution is -0.116. The zero-order valence-electron chi connectivity index (χ0n) is 12.9. The van der Waals surface area contributed by atoms with Gasteiger partial charge in [-0.1, -0.05) is 0 Å². The topological polar surface area (TPSA) is 167 Å². The Hall–Kier alpha value is -2.78. The third-order valence-electron chi connectivity index (χ3n) is 3.02. The van der Waals surface area contributed by atoms with Gasteiger partial charge in [-0.3, -0.25) is 31.0 Å². The number of nitrogens with one attached hydrogen (secondary N) is 4. The van der Waals surface area contributed by atoms with Crippen molar-refractivity contribution in [1.29, 1.82) is 10.8 Å². The van der Waals surface area contributed by atoms with Crippen LogP contribution in [0.5, 0.6) is 5.75 Å². The first kappa shape index (κ1) is 22.2. The second-order valence-electron chi connectivity index (χ2n) is 4.76. The van der Waals surface area contributed by atoms with Gasteiger partial charge >= 0.3 is 0 Å². The molecular weight excluding hydrogens is 371 g/mol. The molecule has 1 aromatic carbocycles. The van der Waals surface area contributed by atoms with Gasteiger partial charge in [-0.05, 0) is 24.3 Å². The van der Waals surface area contributed by atoms with Gasteiger partial charge in [0.1, 0.15) is 5.75 Å². The predicted molar refractivity (Wildman–Crippen MR) is 98.5 cm³/mol. The van der Waals surface area contributed by atoms with Gasteiger partial charge in [-0.2, -0.15) is 0 Å². The van der Waals surface area contributed by atoms with Crippen LogP contribution < -0.4 is 26.8 Å². The highest BCUT2D eigenvalue weighted by atomic mass is 35.5. The Kier molecular flexibility index (Phi) is 8.44. The minimum Gasteiger partial charge on any atom is -0.493 e. The number of amides is 2. The number of hydrogen-bond acceptors (Lipinski definition) is 5. The number of guanidine groups is 2. The molecule has 0 unspecified atom stereocenters. The van der Waals surface area contributed by atoms with Crippen LogP contribution in [0.4, 0.5) is 0 Å². The lowest BCUT2D eigenvalue weighted by Crippen LogP contribution is -2.36. The number of carbonyl (C=O) groups excluding carboxylic acids is 2. The quantitative estimate of drug-likeness (QED) is 0.316. The van der Waals surface area contributed by atoms with Crippen molar-refractivity contribution in [2.45, 2.75) is 6.42 Å². The number of rotatable bonds is 2. The largest absolute Gasteiger partial charge is 0.493 e. The highest BCUT2D eigenvalue weighted by Crippen LogP contribution is 2.27. The van der Waals surface area contributed by atoms with Crippen molar-refractivity contribution in [3.8, 4) is 5.75 Å². The van der Waals surface area contributed by atoms with Crippen LogP contribution in [-0.2, 0) is 4.79 Å². The van der Waals surface area contributed by atoms with Crippen molar-refractivity contribution in [3.63, 3.8) is 0 Å². The fourth-order valence-electron chi connectivity index (χ4n) is 2.04. The smallest absolute Gasteiger partial charge is 0.257 e. The first-order valence-electron chi connectivity index (χ1n) is 6.65. The van der Waals surface area contributed by atoms with E-state index in [2.05, 4.69) is 10.6 Å². The average Bonchev–Trinajstić information content (AvgIpc) is 2.67. The molecule has 0 atom stereocenters. The van der Waals surface area contributed by atoms with Gasteiger partial charge in [-0.25, -0.2) is 0 Å². The molecule has 0 radical (unpaired) electrons. The van der Waals surface area contributed by atoms with Gasteiger partial charge in [0.05, 0.1) is 6.61 Å². The molecule has 1 aliphatic heterocycles. The number of benzene rings is 1. The van der Waals surface area contributed by atoms with Gasteiger partial charge in [0.2, 0.25) is 0 Å². The van der Waals surface area contributed by atoms with Gasteiger partial charge in [-0.15, -0.1) is 24.8 Å². The molecule has 11 heteroatoms. The molecule has 0 aliphatic carbocycles. The molecule has 0 saturated heterocycles. The van der Waals surface area contributed by atoms with Crippen LogP contribution in [-0.4, -0.2) is 30.3 Å². The van der Waals surface area contributed by atoms with Gasteiger partial charge in [0.15, 0.2) is 11.9 Å². The molecule has 0 fully saturated rings.